The van der Waals surface area contributed by atoms with Gasteiger partial charge in [-0.2, -0.15) is 0 Å². The van der Waals surface area contributed by atoms with Crippen LogP contribution in [0.5, 0.6) is 5.75 Å². The third-order valence-corrected chi connectivity index (χ3v) is 3.77. The van der Waals surface area contributed by atoms with Crippen molar-refractivity contribution in [3.05, 3.63) is 60.3 Å². The molecule has 0 saturated carbocycles. The summed E-state index contributed by atoms with van der Waals surface area (Å²) in [5.74, 6) is 2.47. The molecule has 5 nitrogen and oxygen atoms in total. The first-order chi connectivity index (χ1) is 11.2. The van der Waals surface area contributed by atoms with Crippen LogP contribution >= 0.6 is 0 Å². The van der Waals surface area contributed by atoms with E-state index in [9.17, 15) is 0 Å². The number of aryl methyl sites for hydroxylation is 1. The van der Waals surface area contributed by atoms with Gasteiger partial charge in [-0.1, -0.05) is 12.1 Å². The lowest BCUT2D eigenvalue weighted by Gasteiger charge is -2.11. The molecule has 0 aliphatic rings. The number of methoxy groups -OCH3 is 1. The van der Waals surface area contributed by atoms with Gasteiger partial charge in [0.15, 0.2) is 0 Å². The van der Waals surface area contributed by atoms with Gasteiger partial charge in [0, 0.05) is 17.4 Å². The molecule has 0 radical (unpaired) electrons. The Morgan fingerprint density at radius 1 is 1.00 bits per heavy atom. The summed E-state index contributed by atoms with van der Waals surface area (Å²) in [5.41, 5.74) is 3.87. The van der Waals surface area contributed by atoms with Gasteiger partial charge < -0.3 is 10.1 Å². The van der Waals surface area contributed by atoms with Gasteiger partial charge in [-0.15, -0.1) is 0 Å². The fourth-order valence-electron chi connectivity index (χ4n) is 2.69. The van der Waals surface area contributed by atoms with Crippen molar-refractivity contribution in [2.75, 3.05) is 12.4 Å². The third kappa shape index (κ3) is 2.36. The minimum atomic E-state index is 0.696. The Morgan fingerprint density at radius 2 is 1.78 bits per heavy atom. The van der Waals surface area contributed by atoms with E-state index in [1.807, 2.05) is 65.9 Å². The number of nitrogens with zero attached hydrogens (tertiary/aromatic N) is 3. The van der Waals surface area contributed by atoms with Crippen LogP contribution in [-0.2, 0) is 0 Å². The molecule has 0 spiro atoms. The molecule has 23 heavy (non-hydrogen) atoms. The van der Waals surface area contributed by atoms with Gasteiger partial charge >= 0.3 is 0 Å². The highest BCUT2D eigenvalue weighted by molar-refractivity contribution is 5.82. The monoisotopic (exact) mass is 304 g/mol. The van der Waals surface area contributed by atoms with Crippen molar-refractivity contribution in [3.8, 4) is 5.75 Å². The quantitative estimate of drug-likeness (QED) is 0.623. The van der Waals surface area contributed by atoms with Gasteiger partial charge in [0.25, 0.3) is 0 Å². The van der Waals surface area contributed by atoms with Crippen LogP contribution in [0.25, 0.3) is 16.8 Å². The van der Waals surface area contributed by atoms with E-state index in [2.05, 4.69) is 15.3 Å². The lowest BCUT2D eigenvalue weighted by Crippen LogP contribution is -2.01. The Hall–Kier alpha value is -3.08. The van der Waals surface area contributed by atoms with E-state index in [-0.39, 0.29) is 0 Å². The van der Waals surface area contributed by atoms with E-state index in [0.717, 1.165) is 34.0 Å². The molecule has 4 aromatic rings. The Morgan fingerprint density at radius 3 is 2.57 bits per heavy atom. The number of fused-ring (bicyclic) bond motifs is 3. The second kappa shape index (κ2) is 5.28. The van der Waals surface area contributed by atoms with Crippen LogP contribution in [0.1, 0.15) is 5.69 Å². The first kappa shape index (κ1) is 13.6. The molecule has 0 atom stereocenters. The van der Waals surface area contributed by atoms with E-state index in [0.29, 0.717) is 5.78 Å². The van der Waals surface area contributed by atoms with Crippen molar-refractivity contribution in [1.82, 2.24) is 14.4 Å². The molecule has 0 aliphatic carbocycles. The molecule has 0 unspecified atom stereocenters. The summed E-state index contributed by atoms with van der Waals surface area (Å²) in [6, 6.07) is 17.9. The number of rotatable bonds is 3. The minimum absolute atomic E-state index is 0.696. The van der Waals surface area contributed by atoms with Gasteiger partial charge in [-0.25, -0.2) is 9.97 Å². The molecule has 114 valence electrons. The number of imidazole rings is 1. The second-order valence-electron chi connectivity index (χ2n) is 5.37. The highest BCUT2D eigenvalue weighted by Crippen LogP contribution is 2.25. The van der Waals surface area contributed by atoms with Crippen LogP contribution < -0.4 is 10.1 Å². The normalized spacial score (nSPS) is 11.0. The molecule has 4 rings (SSSR count). The molecule has 0 amide bonds. The molecule has 0 bridgehead atoms. The van der Waals surface area contributed by atoms with Crippen LogP contribution in [0.15, 0.2) is 54.6 Å². The Bertz CT molecular complexity index is 989. The summed E-state index contributed by atoms with van der Waals surface area (Å²) in [4.78, 5) is 9.13. The summed E-state index contributed by atoms with van der Waals surface area (Å²) >= 11 is 0. The predicted octanol–water partition coefficient (Wildman–Crippen LogP) is 3.94. The summed E-state index contributed by atoms with van der Waals surface area (Å²) in [6.45, 7) is 1.97. The van der Waals surface area contributed by atoms with Gasteiger partial charge in [0.1, 0.15) is 11.6 Å². The standard InChI is InChI=1S/C18H16N4O/c1-12-11-17(20-13-7-9-14(23-2)10-8-13)22-16-6-4-3-5-15(16)21-18(22)19-12/h3-11,20H,1-2H3. The lowest BCUT2D eigenvalue weighted by molar-refractivity contribution is 0.415. The van der Waals surface area contributed by atoms with E-state index in [1.165, 1.54) is 0 Å². The number of anilines is 2. The number of para-hydroxylation sites is 2. The van der Waals surface area contributed by atoms with Gasteiger partial charge in [0.2, 0.25) is 5.78 Å². The van der Waals surface area contributed by atoms with Crippen LogP contribution in [-0.4, -0.2) is 21.5 Å². The number of aromatic nitrogens is 3. The van der Waals surface area contributed by atoms with Crippen molar-refractivity contribution in [3.63, 3.8) is 0 Å². The molecular formula is C18H16N4O. The SMILES string of the molecule is COc1ccc(Nc2cc(C)nc3nc4ccccc4n23)cc1. The summed E-state index contributed by atoms with van der Waals surface area (Å²) in [5, 5.41) is 3.44. The maximum Gasteiger partial charge on any atom is 0.236 e. The van der Waals surface area contributed by atoms with Crippen LogP contribution in [0.2, 0.25) is 0 Å². The zero-order chi connectivity index (χ0) is 15.8. The lowest BCUT2D eigenvalue weighted by atomic mass is 10.3. The molecule has 2 aromatic carbocycles. The van der Waals surface area contributed by atoms with Crippen LogP contribution in [0, 0.1) is 6.92 Å². The Labute approximate surface area is 133 Å². The minimum Gasteiger partial charge on any atom is -0.497 e. The molecule has 0 aliphatic heterocycles. The molecule has 0 fully saturated rings. The van der Waals surface area contributed by atoms with Crippen molar-refractivity contribution in [1.29, 1.82) is 0 Å². The zero-order valence-corrected chi connectivity index (χ0v) is 12.9. The zero-order valence-electron chi connectivity index (χ0n) is 12.9. The summed E-state index contributed by atoms with van der Waals surface area (Å²) in [6.07, 6.45) is 0. The molecular weight excluding hydrogens is 288 g/mol. The van der Waals surface area contributed by atoms with E-state index >= 15 is 0 Å². The maximum atomic E-state index is 5.20. The number of hydrogen-bond donors (Lipinski definition) is 1. The van der Waals surface area contributed by atoms with Crippen LogP contribution in [0.3, 0.4) is 0 Å². The third-order valence-electron chi connectivity index (χ3n) is 3.77. The molecule has 0 saturated heterocycles. The first-order valence-electron chi connectivity index (χ1n) is 7.40. The Balaban J connectivity index is 1.87. The molecule has 5 heteroatoms. The Kier molecular flexibility index (Phi) is 3.12. The van der Waals surface area contributed by atoms with Gasteiger partial charge in [0.05, 0.1) is 18.1 Å². The van der Waals surface area contributed by atoms with Crippen molar-refractivity contribution in [2.45, 2.75) is 6.92 Å². The molecule has 1 N–H and O–H groups in total. The van der Waals surface area contributed by atoms with E-state index in [4.69, 9.17) is 4.74 Å². The highest BCUT2D eigenvalue weighted by atomic mass is 16.5. The average molecular weight is 304 g/mol. The van der Waals surface area contributed by atoms with Gasteiger partial charge in [-0.3, -0.25) is 4.40 Å². The largest absolute Gasteiger partial charge is 0.497 e. The number of nitrogens with one attached hydrogen (secondary N) is 1. The second-order valence-corrected chi connectivity index (χ2v) is 5.37. The predicted molar refractivity (Wildman–Crippen MR) is 91.5 cm³/mol. The first-order valence-corrected chi connectivity index (χ1v) is 7.40. The van der Waals surface area contributed by atoms with Crippen molar-refractivity contribution >= 4 is 28.3 Å². The molecule has 2 heterocycles. The van der Waals surface area contributed by atoms with E-state index in [1.54, 1.807) is 7.11 Å². The number of benzene rings is 2. The van der Waals surface area contributed by atoms with Crippen molar-refractivity contribution < 1.29 is 4.74 Å². The smallest absolute Gasteiger partial charge is 0.236 e. The fourth-order valence-corrected chi connectivity index (χ4v) is 2.69. The maximum absolute atomic E-state index is 5.20. The summed E-state index contributed by atoms with van der Waals surface area (Å²) in [7, 11) is 1.66. The topological polar surface area (TPSA) is 51.5 Å². The molecule has 2 aromatic heterocycles. The average Bonchev–Trinajstić information content (AvgIpc) is 2.93. The fraction of sp³-hybridized carbons (Fsp3) is 0.111. The highest BCUT2D eigenvalue weighted by Gasteiger charge is 2.10. The van der Waals surface area contributed by atoms with Crippen molar-refractivity contribution in [2.24, 2.45) is 0 Å². The number of ether oxygens (including phenoxy) is 1. The van der Waals surface area contributed by atoms with E-state index < -0.39 is 0 Å². The van der Waals surface area contributed by atoms with Crippen LogP contribution in [0.4, 0.5) is 11.5 Å². The van der Waals surface area contributed by atoms with Gasteiger partial charge in [-0.05, 0) is 43.3 Å². The number of hydrogen-bond acceptors (Lipinski definition) is 4. The summed E-state index contributed by atoms with van der Waals surface area (Å²) < 4.78 is 7.24.